The minimum atomic E-state index is -0.542. The number of hydrogen-bond donors (Lipinski definition) is 1. The first-order valence-electron chi connectivity index (χ1n) is 5.90. The molecule has 1 aromatic rings. The average molecular weight is 284 g/mol. The maximum Gasteiger partial charge on any atom is 0.270 e. The van der Waals surface area contributed by atoms with Crippen LogP contribution in [0, 0.1) is 10.1 Å². The van der Waals surface area contributed by atoms with Gasteiger partial charge in [0.2, 0.25) is 0 Å². The Morgan fingerprint density at radius 2 is 2.32 bits per heavy atom. The van der Waals surface area contributed by atoms with Gasteiger partial charge in [-0.05, 0) is 26.1 Å². The number of amides is 1. The van der Waals surface area contributed by atoms with Gasteiger partial charge in [-0.1, -0.05) is 11.6 Å². The third-order valence-electron chi connectivity index (χ3n) is 3.13. The van der Waals surface area contributed by atoms with Crippen LogP contribution < -0.4 is 5.32 Å². The summed E-state index contributed by atoms with van der Waals surface area (Å²) >= 11 is 5.91. The maximum absolute atomic E-state index is 12.0. The predicted molar refractivity (Wildman–Crippen MR) is 71.5 cm³/mol. The van der Waals surface area contributed by atoms with Crippen LogP contribution in [0.25, 0.3) is 0 Å². The van der Waals surface area contributed by atoms with Crippen molar-refractivity contribution in [1.82, 2.24) is 10.2 Å². The first-order valence-corrected chi connectivity index (χ1v) is 6.28. The van der Waals surface area contributed by atoms with Crippen LogP contribution in [0.5, 0.6) is 0 Å². The van der Waals surface area contributed by atoms with Crippen LogP contribution in [-0.2, 0) is 0 Å². The van der Waals surface area contributed by atoms with Crippen molar-refractivity contribution in [3.8, 4) is 0 Å². The first kappa shape index (κ1) is 13.8. The molecule has 0 aromatic heterocycles. The van der Waals surface area contributed by atoms with E-state index in [0.29, 0.717) is 0 Å². The van der Waals surface area contributed by atoms with E-state index in [0.717, 1.165) is 19.5 Å². The van der Waals surface area contributed by atoms with Crippen molar-refractivity contribution in [2.24, 2.45) is 0 Å². The van der Waals surface area contributed by atoms with Crippen LogP contribution in [0.1, 0.15) is 16.8 Å². The lowest BCUT2D eigenvalue weighted by Crippen LogP contribution is -2.36. The van der Waals surface area contributed by atoms with Crippen molar-refractivity contribution < 1.29 is 9.72 Å². The van der Waals surface area contributed by atoms with Gasteiger partial charge in [0.15, 0.2) is 0 Å². The van der Waals surface area contributed by atoms with Crippen LogP contribution in [0.2, 0.25) is 5.02 Å². The van der Waals surface area contributed by atoms with E-state index in [1.165, 1.54) is 18.2 Å². The van der Waals surface area contributed by atoms with Crippen molar-refractivity contribution in [3.05, 3.63) is 38.9 Å². The van der Waals surface area contributed by atoms with Gasteiger partial charge < -0.3 is 10.2 Å². The molecule has 1 unspecified atom stereocenters. The number of benzene rings is 1. The minimum Gasteiger partial charge on any atom is -0.348 e. The van der Waals surface area contributed by atoms with E-state index in [9.17, 15) is 14.9 Å². The Labute approximate surface area is 115 Å². The Morgan fingerprint density at radius 3 is 2.84 bits per heavy atom. The number of non-ortho nitro benzene ring substituents is 1. The summed E-state index contributed by atoms with van der Waals surface area (Å²) in [7, 11) is 1.99. The van der Waals surface area contributed by atoms with Crippen molar-refractivity contribution >= 4 is 23.2 Å². The molecule has 0 radical (unpaired) electrons. The third kappa shape index (κ3) is 3.21. The van der Waals surface area contributed by atoms with Gasteiger partial charge in [-0.25, -0.2) is 0 Å². The zero-order chi connectivity index (χ0) is 14.0. The Balaban J connectivity index is 2.09. The minimum absolute atomic E-state index is 0.0954. The van der Waals surface area contributed by atoms with Gasteiger partial charge in [0.05, 0.1) is 15.5 Å². The Morgan fingerprint density at radius 1 is 1.58 bits per heavy atom. The highest BCUT2D eigenvalue weighted by atomic mass is 35.5. The number of halogens is 1. The molecule has 0 aliphatic carbocycles. The molecule has 1 aliphatic heterocycles. The summed E-state index contributed by atoms with van der Waals surface area (Å²) in [5.74, 6) is -0.291. The molecular formula is C12H14ClN3O3. The Kier molecular flexibility index (Phi) is 4.01. The number of carbonyl (C=O) groups excluding carboxylic acids is 1. The smallest absolute Gasteiger partial charge is 0.270 e. The second-order valence-electron chi connectivity index (χ2n) is 4.64. The van der Waals surface area contributed by atoms with Gasteiger partial charge in [-0.2, -0.15) is 0 Å². The van der Waals surface area contributed by atoms with Crippen molar-refractivity contribution in [3.63, 3.8) is 0 Å². The molecule has 19 heavy (non-hydrogen) atoms. The van der Waals surface area contributed by atoms with Gasteiger partial charge in [-0.15, -0.1) is 0 Å². The predicted octanol–water partition coefficient (Wildman–Crippen LogP) is 1.68. The van der Waals surface area contributed by atoms with Gasteiger partial charge >= 0.3 is 0 Å². The number of nitro groups is 1. The quantitative estimate of drug-likeness (QED) is 0.676. The number of carbonyl (C=O) groups is 1. The van der Waals surface area contributed by atoms with E-state index in [1.54, 1.807) is 0 Å². The van der Waals surface area contributed by atoms with Crippen LogP contribution in [0.4, 0.5) is 5.69 Å². The number of hydrogen-bond acceptors (Lipinski definition) is 4. The fraction of sp³-hybridized carbons (Fsp3) is 0.417. The Hall–Kier alpha value is -1.66. The lowest BCUT2D eigenvalue weighted by molar-refractivity contribution is -0.384. The molecule has 6 nitrogen and oxygen atoms in total. The number of likely N-dealkylation sites (tertiary alicyclic amines) is 1. The summed E-state index contributed by atoms with van der Waals surface area (Å²) in [6.45, 7) is 1.75. The van der Waals surface area contributed by atoms with E-state index < -0.39 is 4.92 Å². The maximum atomic E-state index is 12.0. The summed E-state index contributed by atoms with van der Waals surface area (Å²) < 4.78 is 0. The van der Waals surface area contributed by atoms with Crippen LogP contribution in [0.15, 0.2) is 18.2 Å². The fourth-order valence-corrected chi connectivity index (χ4v) is 2.38. The zero-order valence-electron chi connectivity index (χ0n) is 10.4. The number of nitrogens with one attached hydrogen (secondary N) is 1. The summed E-state index contributed by atoms with van der Waals surface area (Å²) in [6, 6.07) is 3.96. The van der Waals surface area contributed by atoms with Gasteiger partial charge in [0, 0.05) is 24.7 Å². The third-order valence-corrected chi connectivity index (χ3v) is 3.45. The largest absolute Gasteiger partial charge is 0.348 e. The molecule has 0 saturated carbocycles. The first-order chi connectivity index (χ1) is 8.97. The van der Waals surface area contributed by atoms with Crippen LogP contribution >= 0.6 is 11.6 Å². The summed E-state index contributed by atoms with van der Waals surface area (Å²) in [6.07, 6.45) is 0.896. The zero-order valence-corrected chi connectivity index (χ0v) is 11.2. The van der Waals surface area contributed by atoms with E-state index in [1.807, 2.05) is 7.05 Å². The highest BCUT2D eigenvalue weighted by molar-refractivity contribution is 6.34. The highest BCUT2D eigenvalue weighted by Gasteiger charge is 2.23. The lowest BCUT2D eigenvalue weighted by atomic mass is 10.1. The van der Waals surface area contributed by atoms with Gasteiger partial charge in [0.1, 0.15) is 0 Å². The topological polar surface area (TPSA) is 75.5 Å². The van der Waals surface area contributed by atoms with Crippen LogP contribution in [0.3, 0.4) is 0 Å². The van der Waals surface area contributed by atoms with E-state index in [4.69, 9.17) is 11.6 Å². The molecule has 2 rings (SSSR count). The molecule has 1 aliphatic rings. The van der Waals surface area contributed by atoms with E-state index >= 15 is 0 Å². The Bertz CT molecular complexity index is 521. The summed E-state index contributed by atoms with van der Waals surface area (Å²) in [4.78, 5) is 24.2. The number of rotatable bonds is 3. The molecule has 1 saturated heterocycles. The second-order valence-corrected chi connectivity index (χ2v) is 5.05. The SMILES string of the molecule is CN1CCC(NC(=O)c2ccc([N+](=O)[O-])cc2Cl)C1. The molecule has 102 valence electrons. The van der Waals surface area contributed by atoms with Crippen molar-refractivity contribution in [1.29, 1.82) is 0 Å². The van der Waals surface area contributed by atoms with Gasteiger partial charge in [-0.3, -0.25) is 14.9 Å². The normalized spacial score (nSPS) is 19.4. The second kappa shape index (κ2) is 5.54. The average Bonchev–Trinajstić information content (AvgIpc) is 2.74. The molecule has 1 atom stereocenters. The van der Waals surface area contributed by atoms with Crippen LogP contribution in [-0.4, -0.2) is 41.9 Å². The molecule has 1 aromatic carbocycles. The molecule has 7 heteroatoms. The molecule has 1 amide bonds. The molecule has 1 heterocycles. The molecular weight excluding hydrogens is 270 g/mol. The lowest BCUT2D eigenvalue weighted by Gasteiger charge is -2.13. The number of likely N-dealkylation sites (N-methyl/N-ethyl adjacent to an activating group) is 1. The van der Waals surface area contributed by atoms with Crippen molar-refractivity contribution in [2.45, 2.75) is 12.5 Å². The summed E-state index contributed by atoms with van der Waals surface area (Å²) in [5, 5.41) is 13.6. The summed E-state index contributed by atoms with van der Waals surface area (Å²) in [5.41, 5.74) is 0.143. The molecule has 0 bridgehead atoms. The number of nitro benzene ring substituents is 1. The van der Waals surface area contributed by atoms with Gasteiger partial charge in [0.25, 0.3) is 11.6 Å². The fourth-order valence-electron chi connectivity index (χ4n) is 2.12. The van der Waals surface area contributed by atoms with Crippen molar-refractivity contribution in [2.75, 3.05) is 20.1 Å². The van der Waals surface area contributed by atoms with E-state index in [2.05, 4.69) is 10.2 Å². The molecule has 1 N–H and O–H groups in total. The van der Waals surface area contributed by atoms with E-state index in [-0.39, 0.29) is 28.2 Å². The molecule has 0 spiro atoms. The number of nitrogens with zero attached hydrogens (tertiary/aromatic N) is 2. The monoisotopic (exact) mass is 283 g/mol. The standard InChI is InChI=1S/C12H14ClN3O3/c1-15-5-4-8(7-15)14-12(17)10-3-2-9(16(18)19)6-11(10)13/h2-3,6,8H,4-5,7H2,1H3,(H,14,17). The molecule has 1 fully saturated rings. The highest BCUT2D eigenvalue weighted by Crippen LogP contribution is 2.22.